The normalized spacial score (nSPS) is 34.3. The van der Waals surface area contributed by atoms with E-state index in [4.69, 9.17) is 4.74 Å². The highest BCUT2D eigenvalue weighted by Crippen LogP contribution is 2.31. The predicted octanol–water partition coefficient (Wildman–Crippen LogP) is 1.01. The van der Waals surface area contributed by atoms with Crippen molar-refractivity contribution in [1.82, 2.24) is 9.80 Å². The molecule has 3 rings (SSSR count). The Morgan fingerprint density at radius 3 is 2.47 bits per heavy atom. The van der Waals surface area contributed by atoms with E-state index in [1.54, 1.807) is 0 Å². The van der Waals surface area contributed by atoms with E-state index in [1.165, 1.54) is 32.5 Å². The monoisotopic (exact) mass is 266 g/mol. The molecular formula is C15H26N2O2. The van der Waals surface area contributed by atoms with Crippen LogP contribution in [0.4, 0.5) is 0 Å². The van der Waals surface area contributed by atoms with Crippen LogP contribution >= 0.6 is 0 Å². The third kappa shape index (κ3) is 3.56. The average molecular weight is 266 g/mol. The van der Waals surface area contributed by atoms with Gasteiger partial charge < -0.3 is 14.4 Å². The van der Waals surface area contributed by atoms with E-state index in [2.05, 4.69) is 9.80 Å². The summed E-state index contributed by atoms with van der Waals surface area (Å²) in [4.78, 5) is 16.5. The second-order valence-corrected chi connectivity index (χ2v) is 6.66. The minimum Gasteiger partial charge on any atom is -0.380 e. The summed E-state index contributed by atoms with van der Waals surface area (Å²) in [7, 11) is 0. The molecule has 2 aliphatic heterocycles. The van der Waals surface area contributed by atoms with Crippen molar-refractivity contribution >= 4 is 6.29 Å². The van der Waals surface area contributed by atoms with Gasteiger partial charge in [0.2, 0.25) is 0 Å². The number of hydrogen-bond acceptors (Lipinski definition) is 4. The first-order chi connectivity index (χ1) is 9.30. The molecule has 1 atom stereocenters. The molecule has 0 aromatic heterocycles. The zero-order chi connectivity index (χ0) is 13.1. The Bertz CT molecular complexity index is 303. The van der Waals surface area contributed by atoms with Crippen molar-refractivity contribution in [3.63, 3.8) is 0 Å². The van der Waals surface area contributed by atoms with Crippen molar-refractivity contribution in [2.75, 3.05) is 52.5 Å². The van der Waals surface area contributed by atoms with Crippen LogP contribution < -0.4 is 0 Å². The molecule has 3 fully saturated rings. The summed E-state index contributed by atoms with van der Waals surface area (Å²) >= 11 is 0. The van der Waals surface area contributed by atoms with Gasteiger partial charge in [0, 0.05) is 45.9 Å². The SMILES string of the molecule is O=CC1(CN2CCN(CC3CC3)CC2)CCCOC1. The second-order valence-electron chi connectivity index (χ2n) is 6.66. The van der Waals surface area contributed by atoms with Gasteiger partial charge in [0.15, 0.2) is 0 Å². The van der Waals surface area contributed by atoms with E-state index in [1.807, 2.05) is 0 Å². The lowest BCUT2D eigenvalue weighted by molar-refractivity contribution is -0.126. The Morgan fingerprint density at radius 1 is 1.16 bits per heavy atom. The maximum Gasteiger partial charge on any atom is 0.129 e. The van der Waals surface area contributed by atoms with E-state index in [-0.39, 0.29) is 5.41 Å². The molecule has 3 aliphatic rings. The van der Waals surface area contributed by atoms with Crippen LogP contribution in [0.15, 0.2) is 0 Å². The summed E-state index contributed by atoms with van der Waals surface area (Å²) in [5.74, 6) is 0.986. The lowest BCUT2D eigenvalue weighted by Gasteiger charge is -2.40. The Balaban J connectivity index is 1.46. The largest absolute Gasteiger partial charge is 0.380 e. The molecule has 0 radical (unpaired) electrons. The van der Waals surface area contributed by atoms with Crippen molar-refractivity contribution in [2.24, 2.45) is 11.3 Å². The first-order valence-corrected chi connectivity index (χ1v) is 7.78. The van der Waals surface area contributed by atoms with Crippen LogP contribution in [0.25, 0.3) is 0 Å². The fourth-order valence-corrected chi connectivity index (χ4v) is 3.37. The molecule has 1 saturated carbocycles. The molecule has 0 amide bonds. The van der Waals surface area contributed by atoms with Crippen molar-refractivity contribution in [3.05, 3.63) is 0 Å². The smallest absolute Gasteiger partial charge is 0.129 e. The van der Waals surface area contributed by atoms with E-state index in [0.717, 1.165) is 51.3 Å². The van der Waals surface area contributed by atoms with E-state index in [0.29, 0.717) is 6.61 Å². The van der Waals surface area contributed by atoms with Crippen molar-refractivity contribution < 1.29 is 9.53 Å². The van der Waals surface area contributed by atoms with Gasteiger partial charge in [-0.1, -0.05) is 0 Å². The third-order valence-electron chi connectivity index (χ3n) is 4.82. The number of aldehydes is 1. The van der Waals surface area contributed by atoms with Crippen LogP contribution in [0.5, 0.6) is 0 Å². The van der Waals surface area contributed by atoms with Crippen LogP contribution in [0.3, 0.4) is 0 Å². The van der Waals surface area contributed by atoms with Gasteiger partial charge >= 0.3 is 0 Å². The first-order valence-electron chi connectivity index (χ1n) is 7.78. The molecule has 1 unspecified atom stereocenters. The lowest BCUT2D eigenvalue weighted by atomic mass is 9.83. The van der Waals surface area contributed by atoms with Gasteiger partial charge in [-0.2, -0.15) is 0 Å². The highest BCUT2D eigenvalue weighted by molar-refractivity contribution is 5.60. The van der Waals surface area contributed by atoms with Crippen LogP contribution in [0.1, 0.15) is 25.7 Å². The Morgan fingerprint density at radius 2 is 1.89 bits per heavy atom. The Hall–Kier alpha value is -0.450. The van der Waals surface area contributed by atoms with Gasteiger partial charge in [-0.15, -0.1) is 0 Å². The molecule has 0 aromatic carbocycles. The van der Waals surface area contributed by atoms with Gasteiger partial charge in [-0.3, -0.25) is 4.90 Å². The minimum atomic E-state index is -0.225. The summed E-state index contributed by atoms with van der Waals surface area (Å²) in [5.41, 5.74) is -0.225. The lowest BCUT2D eigenvalue weighted by Crippen LogP contribution is -2.52. The van der Waals surface area contributed by atoms with Gasteiger partial charge in [-0.05, 0) is 31.6 Å². The molecular weight excluding hydrogens is 240 g/mol. The number of carbonyl (C=O) groups excluding carboxylic acids is 1. The average Bonchev–Trinajstić information content (AvgIpc) is 3.26. The van der Waals surface area contributed by atoms with Crippen molar-refractivity contribution in [2.45, 2.75) is 25.7 Å². The minimum absolute atomic E-state index is 0.225. The maximum absolute atomic E-state index is 11.5. The summed E-state index contributed by atoms with van der Waals surface area (Å²) in [6.45, 7) is 8.22. The number of rotatable bonds is 5. The van der Waals surface area contributed by atoms with Crippen LogP contribution in [0, 0.1) is 11.3 Å². The number of ether oxygens (including phenoxy) is 1. The van der Waals surface area contributed by atoms with Gasteiger partial charge in [0.25, 0.3) is 0 Å². The number of piperazine rings is 1. The van der Waals surface area contributed by atoms with Crippen LogP contribution in [0.2, 0.25) is 0 Å². The van der Waals surface area contributed by atoms with Crippen molar-refractivity contribution in [1.29, 1.82) is 0 Å². The second kappa shape index (κ2) is 5.90. The molecule has 108 valence electrons. The molecule has 0 aromatic rings. The fourth-order valence-electron chi connectivity index (χ4n) is 3.37. The van der Waals surface area contributed by atoms with Gasteiger partial charge in [0.1, 0.15) is 6.29 Å². The molecule has 0 N–H and O–H groups in total. The van der Waals surface area contributed by atoms with E-state index in [9.17, 15) is 4.79 Å². The Labute approximate surface area is 116 Å². The molecule has 1 aliphatic carbocycles. The maximum atomic E-state index is 11.5. The summed E-state index contributed by atoms with van der Waals surface area (Å²) in [5, 5.41) is 0. The quantitative estimate of drug-likeness (QED) is 0.695. The first kappa shape index (κ1) is 13.5. The summed E-state index contributed by atoms with van der Waals surface area (Å²) in [6, 6.07) is 0. The molecule has 2 saturated heterocycles. The van der Waals surface area contributed by atoms with Crippen LogP contribution in [-0.4, -0.2) is 68.6 Å². The molecule has 0 spiro atoms. The molecule has 19 heavy (non-hydrogen) atoms. The number of carbonyl (C=O) groups is 1. The van der Waals surface area contributed by atoms with E-state index < -0.39 is 0 Å². The van der Waals surface area contributed by atoms with Gasteiger partial charge in [-0.25, -0.2) is 0 Å². The Kier molecular flexibility index (Phi) is 4.20. The van der Waals surface area contributed by atoms with Crippen molar-refractivity contribution in [3.8, 4) is 0 Å². The number of hydrogen-bond donors (Lipinski definition) is 0. The standard InChI is InChI=1S/C15H26N2O2/c18-12-15(4-1-9-19-13-15)11-17-7-5-16(6-8-17)10-14-2-3-14/h12,14H,1-11,13H2. The zero-order valence-electron chi connectivity index (χ0n) is 11.9. The highest BCUT2D eigenvalue weighted by Gasteiger charge is 2.35. The molecule has 0 bridgehead atoms. The third-order valence-corrected chi connectivity index (χ3v) is 4.82. The highest BCUT2D eigenvalue weighted by atomic mass is 16.5. The predicted molar refractivity (Wildman–Crippen MR) is 74.2 cm³/mol. The van der Waals surface area contributed by atoms with Crippen LogP contribution in [-0.2, 0) is 9.53 Å². The van der Waals surface area contributed by atoms with Gasteiger partial charge in [0.05, 0.1) is 12.0 Å². The summed E-state index contributed by atoms with van der Waals surface area (Å²) in [6.07, 6.45) is 6.06. The molecule has 2 heterocycles. The fraction of sp³-hybridized carbons (Fsp3) is 0.933. The molecule has 4 nitrogen and oxygen atoms in total. The number of nitrogens with zero attached hydrogens (tertiary/aromatic N) is 2. The zero-order valence-corrected chi connectivity index (χ0v) is 11.9. The van der Waals surface area contributed by atoms with E-state index >= 15 is 0 Å². The summed E-state index contributed by atoms with van der Waals surface area (Å²) < 4.78 is 5.53. The topological polar surface area (TPSA) is 32.8 Å². The molecule has 4 heteroatoms.